The van der Waals surface area contributed by atoms with E-state index in [1.54, 1.807) is 0 Å². The molecule has 28 heavy (non-hydrogen) atoms. The predicted octanol–water partition coefficient (Wildman–Crippen LogP) is 2.39. The first kappa shape index (κ1) is 27.5. The summed E-state index contributed by atoms with van der Waals surface area (Å²) in [5.41, 5.74) is -1.26. The van der Waals surface area contributed by atoms with E-state index in [2.05, 4.69) is 37.9 Å². The number of thioether (sulfide) groups is 1. The molecule has 0 spiro atoms. The number of ether oxygens (including phenoxy) is 2. The van der Waals surface area contributed by atoms with Crippen LogP contribution in [0.4, 0.5) is 0 Å². The fourth-order valence-corrected chi connectivity index (χ4v) is 3.85. The van der Waals surface area contributed by atoms with Crippen LogP contribution in [0, 0.1) is 11.3 Å². The molecule has 0 aromatic carbocycles. The molecule has 0 saturated heterocycles. The molecular weight excluding hydrogens is 444 g/mol. The van der Waals surface area contributed by atoms with Gasteiger partial charge in [0, 0.05) is 29.6 Å². The second kappa shape index (κ2) is 15.3. The maximum Gasteiger partial charge on any atom is 0.310 e. The van der Waals surface area contributed by atoms with Crippen LogP contribution in [0.5, 0.6) is 0 Å². The number of carboxylic acids is 1. The topological polar surface area (TPSA) is 107 Å². The molecule has 162 valence electrons. The SMILES string of the molecule is CC(CSC(=O)CCS)(CC(COC(=O)CCS)COC(=O)CCS)C(=O)O. The largest absolute Gasteiger partial charge is 0.481 e. The van der Waals surface area contributed by atoms with Crippen molar-refractivity contribution in [1.29, 1.82) is 0 Å². The van der Waals surface area contributed by atoms with Gasteiger partial charge in [-0.3, -0.25) is 19.2 Å². The van der Waals surface area contributed by atoms with Gasteiger partial charge < -0.3 is 14.6 Å². The van der Waals surface area contributed by atoms with Gasteiger partial charge in [0.25, 0.3) is 0 Å². The van der Waals surface area contributed by atoms with Gasteiger partial charge in [0.2, 0.25) is 0 Å². The van der Waals surface area contributed by atoms with Crippen LogP contribution in [0.1, 0.15) is 32.6 Å². The lowest BCUT2D eigenvalue weighted by Crippen LogP contribution is -2.36. The van der Waals surface area contributed by atoms with Crippen LogP contribution in [0.3, 0.4) is 0 Å². The normalized spacial score (nSPS) is 13.0. The van der Waals surface area contributed by atoms with E-state index in [1.807, 2.05) is 0 Å². The molecule has 0 bridgehead atoms. The predicted molar refractivity (Wildman–Crippen MR) is 119 cm³/mol. The molecule has 0 fully saturated rings. The first-order valence-corrected chi connectivity index (χ1v) is 11.6. The molecule has 0 saturated carbocycles. The molecule has 11 heteroatoms. The van der Waals surface area contributed by atoms with Crippen LogP contribution in [0.2, 0.25) is 0 Å². The van der Waals surface area contributed by atoms with Crippen molar-refractivity contribution in [3.8, 4) is 0 Å². The Labute approximate surface area is 186 Å². The maximum atomic E-state index is 11.8. The lowest BCUT2D eigenvalue weighted by Gasteiger charge is -2.28. The summed E-state index contributed by atoms with van der Waals surface area (Å²) in [5.74, 6) is -1.41. The minimum atomic E-state index is -1.26. The van der Waals surface area contributed by atoms with Gasteiger partial charge in [-0.15, -0.1) is 0 Å². The van der Waals surface area contributed by atoms with Crippen LogP contribution in [0.15, 0.2) is 0 Å². The Morgan fingerprint density at radius 3 is 1.79 bits per heavy atom. The maximum absolute atomic E-state index is 11.8. The quantitative estimate of drug-likeness (QED) is 0.213. The molecule has 0 aliphatic heterocycles. The molecule has 1 atom stereocenters. The summed E-state index contributed by atoms with van der Waals surface area (Å²) in [4.78, 5) is 46.8. The lowest BCUT2D eigenvalue weighted by atomic mass is 9.83. The number of hydrogen-bond acceptors (Lipinski definition) is 10. The van der Waals surface area contributed by atoms with E-state index >= 15 is 0 Å². The van der Waals surface area contributed by atoms with E-state index in [9.17, 15) is 24.3 Å². The second-order valence-electron chi connectivity index (χ2n) is 6.38. The zero-order chi connectivity index (χ0) is 21.6. The zero-order valence-electron chi connectivity index (χ0n) is 15.8. The third kappa shape index (κ3) is 12.1. The monoisotopic (exact) mass is 472 g/mol. The number of aliphatic carboxylic acids is 1. The van der Waals surface area contributed by atoms with Gasteiger partial charge in [0.1, 0.15) is 0 Å². The second-order valence-corrected chi connectivity index (χ2v) is 8.76. The summed E-state index contributed by atoms with van der Waals surface area (Å²) in [6.07, 6.45) is 0.570. The molecule has 0 heterocycles. The number of carboxylic acid groups (broad SMARTS) is 1. The van der Waals surface area contributed by atoms with Crippen molar-refractivity contribution in [3.05, 3.63) is 0 Å². The molecule has 7 nitrogen and oxygen atoms in total. The fraction of sp³-hybridized carbons (Fsp3) is 0.765. The van der Waals surface area contributed by atoms with Crippen molar-refractivity contribution in [2.75, 3.05) is 36.2 Å². The summed E-state index contributed by atoms with van der Waals surface area (Å²) in [6, 6.07) is 0. The van der Waals surface area contributed by atoms with Gasteiger partial charge >= 0.3 is 17.9 Å². The van der Waals surface area contributed by atoms with E-state index in [-0.39, 0.29) is 49.8 Å². The Balaban J connectivity index is 5.06. The molecule has 0 radical (unpaired) electrons. The first-order chi connectivity index (χ1) is 13.2. The average Bonchev–Trinajstić information content (AvgIpc) is 2.63. The summed E-state index contributed by atoms with van der Waals surface area (Å²) >= 11 is 12.9. The van der Waals surface area contributed by atoms with Crippen LogP contribution in [0.25, 0.3) is 0 Å². The summed E-state index contributed by atoms with van der Waals surface area (Å²) < 4.78 is 10.3. The molecule has 1 N–H and O–H groups in total. The minimum absolute atomic E-state index is 0.0562. The average molecular weight is 473 g/mol. The number of rotatable bonds is 15. The summed E-state index contributed by atoms with van der Waals surface area (Å²) in [5, 5.41) is 9.53. The summed E-state index contributed by atoms with van der Waals surface area (Å²) in [7, 11) is 0. The van der Waals surface area contributed by atoms with Gasteiger partial charge in [0.05, 0.1) is 31.5 Å². The van der Waals surface area contributed by atoms with Crippen LogP contribution in [-0.4, -0.2) is 64.4 Å². The lowest BCUT2D eigenvalue weighted by molar-refractivity contribution is -0.151. The van der Waals surface area contributed by atoms with Crippen molar-refractivity contribution in [2.24, 2.45) is 11.3 Å². The van der Waals surface area contributed by atoms with E-state index < -0.39 is 29.2 Å². The highest BCUT2D eigenvalue weighted by molar-refractivity contribution is 8.13. The number of thiol groups is 3. The van der Waals surface area contributed by atoms with E-state index in [0.717, 1.165) is 11.8 Å². The fourth-order valence-electron chi connectivity index (χ4n) is 2.16. The highest BCUT2D eigenvalue weighted by Gasteiger charge is 2.37. The third-order valence-corrected chi connectivity index (χ3v) is 5.69. The zero-order valence-corrected chi connectivity index (χ0v) is 19.3. The van der Waals surface area contributed by atoms with Gasteiger partial charge in [-0.05, 0) is 19.1 Å². The highest BCUT2D eigenvalue weighted by Crippen LogP contribution is 2.32. The molecule has 0 aromatic rings. The number of hydrogen-bond donors (Lipinski definition) is 4. The van der Waals surface area contributed by atoms with E-state index in [4.69, 9.17) is 9.47 Å². The van der Waals surface area contributed by atoms with Crippen LogP contribution >= 0.6 is 49.6 Å². The summed E-state index contributed by atoms with van der Waals surface area (Å²) in [6.45, 7) is 1.35. The molecular formula is C17H28O7S4. The minimum Gasteiger partial charge on any atom is -0.481 e. The van der Waals surface area contributed by atoms with Gasteiger partial charge in [-0.2, -0.15) is 37.9 Å². The van der Waals surface area contributed by atoms with E-state index in [1.165, 1.54) is 6.92 Å². The molecule has 0 aromatic heterocycles. The molecule has 0 aliphatic rings. The van der Waals surface area contributed by atoms with Gasteiger partial charge in [-0.1, -0.05) is 11.8 Å². The van der Waals surface area contributed by atoms with Crippen molar-refractivity contribution < 1.29 is 33.8 Å². The first-order valence-electron chi connectivity index (χ1n) is 8.71. The van der Waals surface area contributed by atoms with E-state index in [0.29, 0.717) is 17.3 Å². The van der Waals surface area contributed by atoms with Crippen molar-refractivity contribution in [1.82, 2.24) is 0 Å². The Bertz CT molecular complexity index is 508. The van der Waals surface area contributed by atoms with Crippen molar-refractivity contribution in [3.63, 3.8) is 0 Å². The van der Waals surface area contributed by atoms with Gasteiger partial charge in [0.15, 0.2) is 5.12 Å². The number of carbonyl (C=O) groups is 4. The number of esters is 2. The van der Waals surface area contributed by atoms with Gasteiger partial charge in [-0.25, -0.2) is 0 Å². The Hall–Kier alpha value is -0.520. The Morgan fingerprint density at radius 1 is 0.929 bits per heavy atom. The number of carbonyl (C=O) groups excluding carboxylic acids is 3. The van der Waals surface area contributed by atoms with Crippen LogP contribution in [-0.2, 0) is 28.7 Å². The van der Waals surface area contributed by atoms with Crippen molar-refractivity contribution >= 4 is 72.7 Å². The molecule has 1 unspecified atom stereocenters. The smallest absolute Gasteiger partial charge is 0.310 e. The van der Waals surface area contributed by atoms with Crippen molar-refractivity contribution in [2.45, 2.75) is 32.6 Å². The standard InChI is InChI=1S/C17H28O7S4/c1-17(16(21)22,11-28-15(20)4-7-27)8-12(9-23-13(18)2-5-25)10-24-14(19)3-6-26/h12,25-27H,2-11H2,1H3,(H,21,22). The Morgan fingerprint density at radius 2 is 1.39 bits per heavy atom. The molecule has 0 rings (SSSR count). The highest BCUT2D eigenvalue weighted by atomic mass is 32.2. The Kier molecular flexibility index (Phi) is 15.1. The molecule has 0 amide bonds. The third-order valence-electron chi connectivity index (χ3n) is 3.72. The van der Waals surface area contributed by atoms with Crippen LogP contribution < -0.4 is 0 Å². The molecule has 0 aliphatic carbocycles.